The molecular formula is C72H140O17P2. The quantitative estimate of drug-likeness (QED) is 0.0222. The van der Waals surface area contributed by atoms with Crippen molar-refractivity contribution in [2.75, 3.05) is 39.6 Å². The molecule has 0 saturated heterocycles. The predicted octanol–water partition coefficient (Wildman–Crippen LogP) is 20.5. The number of phosphoric acid groups is 2. The minimum absolute atomic E-state index is 0.104. The van der Waals surface area contributed by atoms with E-state index in [1.54, 1.807) is 0 Å². The van der Waals surface area contributed by atoms with Crippen molar-refractivity contribution >= 4 is 39.5 Å². The number of esters is 4. The first-order valence-electron chi connectivity index (χ1n) is 37.2. The highest BCUT2D eigenvalue weighted by atomic mass is 31.2. The fourth-order valence-electron chi connectivity index (χ4n) is 10.8. The number of phosphoric ester groups is 2. The number of aliphatic hydroxyl groups excluding tert-OH is 1. The molecule has 0 heterocycles. The lowest BCUT2D eigenvalue weighted by molar-refractivity contribution is -0.161. The number of carbonyl (C=O) groups excluding carboxylic acids is 4. The molecule has 4 unspecified atom stereocenters. The average molecular weight is 1340 g/mol. The van der Waals surface area contributed by atoms with E-state index in [0.29, 0.717) is 31.6 Å². The third-order valence-corrected chi connectivity index (χ3v) is 18.8. The second-order valence-electron chi connectivity index (χ2n) is 27.6. The van der Waals surface area contributed by atoms with Gasteiger partial charge in [0.15, 0.2) is 12.2 Å². The Hall–Kier alpha value is -1.94. The summed E-state index contributed by atoms with van der Waals surface area (Å²) in [6, 6.07) is 0. The second kappa shape index (κ2) is 61.6. The summed E-state index contributed by atoms with van der Waals surface area (Å²) < 4.78 is 68.3. The lowest BCUT2D eigenvalue weighted by Gasteiger charge is -2.21. The molecular weight excluding hydrogens is 1200 g/mol. The molecule has 6 atom stereocenters. The molecule has 0 aromatic rings. The van der Waals surface area contributed by atoms with Crippen molar-refractivity contribution in [1.29, 1.82) is 0 Å². The van der Waals surface area contributed by atoms with E-state index in [9.17, 15) is 43.2 Å². The van der Waals surface area contributed by atoms with Gasteiger partial charge < -0.3 is 33.8 Å². The summed E-state index contributed by atoms with van der Waals surface area (Å²) >= 11 is 0. The predicted molar refractivity (Wildman–Crippen MR) is 367 cm³/mol. The van der Waals surface area contributed by atoms with E-state index in [1.807, 2.05) is 0 Å². The van der Waals surface area contributed by atoms with Gasteiger partial charge in [0.05, 0.1) is 26.4 Å². The largest absolute Gasteiger partial charge is 0.472 e. The third-order valence-electron chi connectivity index (χ3n) is 16.9. The van der Waals surface area contributed by atoms with Crippen LogP contribution < -0.4 is 0 Å². The summed E-state index contributed by atoms with van der Waals surface area (Å²) in [6.07, 6.45) is 44.6. The van der Waals surface area contributed by atoms with Gasteiger partial charge in [0.1, 0.15) is 19.3 Å². The summed E-state index contributed by atoms with van der Waals surface area (Å²) in [7, 11) is -9.90. The van der Waals surface area contributed by atoms with Crippen LogP contribution in [0.5, 0.6) is 0 Å². The summed E-state index contributed by atoms with van der Waals surface area (Å²) in [6.45, 7) is 14.1. The molecule has 0 aliphatic heterocycles. The maximum atomic E-state index is 13.0. The summed E-state index contributed by atoms with van der Waals surface area (Å²) in [4.78, 5) is 72.6. The Morgan fingerprint density at radius 2 is 0.527 bits per heavy atom. The van der Waals surface area contributed by atoms with Gasteiger partial charge in [-0.3, -0.25) is 37.3 Å². The first-order chi connectivity index (χ1) is 43.6. The standard InChI is InChI=1S/C72H140O17P2/c1-9-65(8)51-43-35-30-31-37-45-53-70(75)83-59-68(89-72(77)55-47-39-28-22-18-20-25-33-41-49-63(4)5)61-87-91(80,81)85-57-66(73)56-84-90(78,79)86-60-67(58-82-69(74)52-44-36-29-23-26-34-42-50-64(6)7)88-71(76)54-46-38-27-21-17-15-13-11-10-12-14-16-19-24-32-40-48-62(2)3/h62-68,73H,9-61H2,1-8H3,(H,78,79)(H,80,81)/t65?,66?,67-,68-/m1/s1. The van der Waals surface area contributed by atoms with Crippen LogP contribution in [0.25, 0.3) is 0 Å². The zero-order valence-electron chi connectivity index (χ0n) is 59.5. The summed E-state index contributed by atoms with van der Waals surface area (Å²) in [5, 5.41) is 10.6. The molecule has 0 fully saturated rings. The Morgan fingerprint density at radius 1 is 0.308 bits per heavy atom. The van der Waals surface area contributed by atoms with E-state index in [4.69, 9.17) is 37.0 Å². The van der Waals surface area contributed by atoms with Crippen LogP contribution in [0, 0.1) is 23.7 Å². The lowest BCUT2D eigenvalue weighted by Crippen LogP contribution is -2.30. The van der Waals surface area contributed by atoms with Gasteiger partial charge in [-0.25, -0.2) is 9.13 Å². The highest BCUT2D eigenvalue weighted by Gasteiger charge is 2.30. The zero-order chi connectivity index (χ0) is 67.5. The summed E-state index contributed by atoms with van der Waals surface area (Å²) in [5.41, 5.74) is 0. The fourth-order valence-corrected chi connectivity index (χ4v) is 12.4. The van der Waals surface area contributed by atoms with E-state index in [0.717, 1.165) is 120 Å². The van der Waals surface area contributed by atoms with Crippen LogP contribution >= 0.6 is 15.6 Å². The van der Waals surface area contributed by atoms with E-state index in [2.05, 4.69) is 55.4 Å². The van der Waals surface area contributed by atoms with Crippen LogP contribution in [0.4, 0.5) is 0 Å². The average Bonchev–Trinajstić information content (AvgIpc) is 2.05. The van der Waals surface area contributed by atoms with Gasteiger partial charge in [-0.1, -0.05) is 306 Å². The smallest absolute Gasteiger partial charge is 0.462 e. The molecule has 0 radical (unpaired) electrons. The molecule has 0 aliphatic rings. The summed E-state index contributed by atoms with van der Waals surface area (Å²) in [5.74, 6) is 0.852. The molecule has 0 spiro atoms. The normalized spacial score (nSPS) is 14.5. The van der Waals surface area contributed by atoms with Crippen molar-refractivity contribution in [3.63, 3.8) is 0 Å². The van der Waals surface area contributed by atoms with Gasteiger partial charge in [0.2, 0.25) is 0 Å². The van der Waals surface area contributed by atoms with E-state index >= 15 is 0 Å². The fraction of sp³-hybridized carbons (Fsp3) is 0.944. The van der Waals surface area contributed by atoms with Crippen LogP contribution in [0.3, 0.4) is 0 Å². The van der Waals surface area contributed by atoms with Gasteiger partial charge in [-0.15, -0.1) is 0 Å². The Bertz CT molecular complexity index is 1800. The number of rotatable bonds is 69. The Morgan fingerprint density at radius 3 is 0.780 bits per heavy atom. The van der Waals surface area contributed by atoms with Crippen molar-refractivity contribution in [1.82, 2.24) is 0 Å². The molecule has 17 nitrogen and oxygen atoms in total. The molecule has 0 aromatic heterocycles. The van der Waals surface area contributed by atoms with Crippen molar-refractivity contribution < 1.29 is 80.2 Å². The molecule has 540 valence electrons. The molecule has 0 rings (SSSR count). The maximum Gasteiger partial charge on any atom is 0.472 e. The number of hydrogen-bond donors (Lipinski definition) is 3. The molecule has 0 aromatic carbocycles. The topological polar surface area (TPSA) is 237 Å². The Kier molecular flexibility index (Phi) is 60.3. The van der Waals surface area contributed by atoms with Crippen LogP contribution in [-0.4, -0.2) is 96.7 Å². The monoisotopic (exact) mass is 1340 g/mol. The first-order valence-corrected chi connectivity index (χ1v) is 40.2. The van der Waals surface area contributed by atoms with Gasteiger partial charge >= 0.3 is 39.5 Å². The van der Waals surface area contributed by atoms with Gasteiger partial charge in [-0.2, -0.15) is 0 Å². The number of aliphatic hydroxyl groups is 1. The zero-order valence-corrected chi connectivity index (χ0v) is 61.3. The number of hydrogen-bond acceptors (Lipinski definition) is 15. The van der Waals surface area contributed by atoms with Gasteiger partial charge in [0, 0.05) is 25.7 Å². The van der Waals surface area contributed by atoms with Crippen molar-refractivity contribution in [2.24, 2.45) is 23.7 Å². The van der Waals surface area contributed by atoms with E-state index < -0.39 is 97.5 Å². The minimum Gasteiger partial charge on any atom is -0.462 e. The number of unbranched alkanes of at least 4 members (excludes halogenated alkanes) is 34. The van der Waals surface area contributed by atoms with Crippen molar-refractivity contribution in [3.8, 4) is 0 Å². The van der Waals surface area contributed by atoms with Crippen LogP contribution in [-0.2, 0) is 65.4 Å². The molecule has 0 bridgehead atoms. The number of ether oxygens (including phenoxy) is 4. The van der Waals surface area contributed by atoms with Crippen molar-refractivity contribution in [2.45, 2.75) is 375 Å². The van der Waals surface area contributed by atoms with Crippen LogP contribution in [0.1, 0.15) is 357 Å². The second-order valence-corrected chi connectivity index (χ2v) is 30.6. The molecule has 0 aliphatic carbocycles. The highest BCUT2D eigenvalue weighted by molar-refractivity contribution is 7.47. The maximum absolute atomic E-state index is 13.0. The molecule has 0 saturated carbocycles. The Balaban J connectivity index is 5.21. The molecule has 3 N–H and O–H groups in total. The van der Waals surface area contributed by atoms with E-state index in [-0.39, 0.29) is 25.7 Å². The first kappa shape index (κ1) is 89.1. The third kappa shape index (κ3) is 65.1. The molecule has 19 heteroatoms. The van der Waals surface area contributed by atoms with Gasteiger partial charge in [-0.05, 0) is 49.4 Å². The molecule has 91 heavy (non-hydrogen) atoms. The lowest BCUT2D eigenvalue weighted by atomic mass is 10.00. The van der Waals surface area contributed by atoms with E-state index in [1.165, 1.54) is 148 Å². The number of carbonyl (C=O) groups is 4. The Labute approximate surface area is 556 Å². The van der Waals surface area contributed by atoms with Crippen molar-refractivity contribution in [3.05, 3.63) is 0 Å². The SMILES string of the molecule is CCC(C)CCCCCCCCC(=O)OC[C@H](COP(=O)(O)OCC(O)COP(=O)(O)OC[C@@H](COC(=O)CCCCCCCCCC(C)C)OC(=O)CCCCCCCCCCCCCCCCCCC(C)C)OC(=O)CCCCCCCCCCCC(C)C. The molecule has 0 amide bonds. The van der Waals surface area contributed by atoms with Gasteiger partial charge in [0.25, 0.3) is 0 Å². The minimum atomic E-state index is -4.95. The highest BCUT2D eigenvalue weighted by Crippen LogP contribution is 2.45. The van der Waals surface area contributed by atoms with Crippen LogP contribution in [0.15, 0.2) is 0 Å². The van der Waals surface area contributed by atoms with Crippen LogP contribution in [0.2, 0.25) is 0 Å².